The molecule has 5 nitrogen and oxygen atoms in total. The van der Waals surface area contributed by atoms with E-state index in [1.807, 2.05) is 18.5 Å². The molecule has 1 aliphatic heterocycles. The fraction of sp³-hybridized carbons (Fsp3) is 0.588. The zero-order valence-electron chi connectivity index (χ0n) is 13.0. The Bertz CT molecular complexity index is 614. The van der Waals surface area contributed by atoms with E-state index in [-0.39, 0.29) is 0 Å². The Kier molecular flexibility index (Phi) is 3.56. The summed E-state index contributed by atoms with van der Waals surface area (Å²) in [7, 11) is 0. The third kappa shape index (κ3) is 2.60. The van der Waals surface area contributed by atoms with Crippen LogP contribution >= 0.6 is 0 Å². The van der Waals surface area contributed by atoms with Crippen LogP contribution in [-0.4, -0.2) is 32.8 Å². The van der Waals surface area contributed by atoms with Crippen molar-refractivity contribution >= 4 is 5.82 Å². The van der Waals surface area contributed by atoms with Gasteiger partial charge in [-0.3, -0.25) is 4.98 Å². The smallest absolute Gasteiger partial charge is 0.173 e. The summed E-state index contributed by atoms with van der Waals surface area (Å²) >= 11 is 0. The van der Waals surface area contributed by atoms with Crippen molar-refractivity contribution in [2.45, 2.75) is 44.9 Å². The molecule has 0 radical (unpaired) electrons. The Morgan fingerprint density at radius 1 is 0.955 bits per heavy atom. The molecule has 2 aromatic rings. The van der Waals surface area contributed by atoms with Crippen LogP contribution in [0, 0.1) is 5.41 Å². The van der Waals surface area contributed by atoms with Crippen LogP contribution in [0.25, 0.3) is 5.82 Å². The first-order valence-corrected chi connectivity index (χ1v) is 8.42. The first-order valence-electron chi connectivity index (χ1n) is 8.42. The molecule has 2 aromatic heterocycles. The van der Waals surface area contributed by atoms with E-state index in [2.05, 4.69) is 15.0 Å². The van der Waals surface area contributed by atoms with Crippen LogP contribution in [0.2, 0.25) is 0 Å². The number of nitrogens with zero attached hydrogens (tertiary/aromatic N) is 5. The van der Waals surface area contributed by atoms with Gasteiger partial charge in [0.1, 0.15) is 5.82 Å². The minimum atomic E-state index is 0.528. The fourth-order valence-electron chi connectivity index (χ4n) is 4.03. The van der Waals surface area contributed by atoms with E-state index in [1.54, 1.807) is 17.1 Å². The second-order valence-electron chi connectivity index (χ2n) is 6.77. The van der Waals surface area contributed by atoms with Crippen molar-refractivity contribution in [2.75, 3.05) is 18.0 Å². The quantitative estimate of drug-likeness (QED) is 0.854. The molecule has 0 unspecified atom stereocenters. The lowest BCUT2D eigenvalue weighted by atomic mass is 9.80. The van der Waals surface area contributed by atoms with Gasteiger partial charge in [-0.1, -0.05) is 25.7 Å². The Hall–Kier alpha value is -1.91. The molecule has 0 amide bonds. The molecular formula is C17H23N5. The minimum absolute atomic E-state index is 0.528. The molecule has 0 aromatic carbocycles. The van der Waals surface area contributed by atoms with Crippen LogP contribution in [0.3, 0.4) is 0 Å². The van der Waals surface area contributed by atoms with Crippen LogP contribution < -0.4 is 4.90 Å². The summed E-state index contributed by atoms with van der Waals surface area (Å²) in [5, 5.41) is 4.25. The van der Waals surface area contributed by atoms with E-state index < -0.39 is 0 Å². The van der Waals surface area contributed by atoms with Crippen LogP contribution in [0.15, 0.2) is 30.9 Å². The molecule has 22 heavy (non-hydrogen) atoms. The lowest BCUT2D eigenvalue weighted by molar-refractivity contribution is 0.280. The summed E-state index contributed by atoms with van der Waals surface area (Å²) in [6.45, 7) is 2.25. The number of hydrogen-bond donors (Lipinski definition) is 0. The van der Waals surface area contributed by atoms with Crippen LogP contribution in [0.4, 0.5) is 5.82 Å². The van der Waals surface area contributed by atoms with Crippen molar-refractivity contribution in [2.24, 2.45) is 5.41 Å². The fourth-order valence-corrected chi connectivity index (χ4v) is 4.03. The summed E-state index contributed by atoms with van der Waals surface area (Å²) in [6.07, 6.45) is 17.0. The molecular weight excluding hydrogens is 274 g/mol. The van der Waals surface area contributed by atoms with Gasteiger partial charge in [0.15, 0.2) is 5.82 Å². The van der Waals surface area contributed by atoms with Gasteiger partial charge in [-0.15, -0.1) is 0 Å². The zero-order chi connectivity index (χ0) is 14.8. The van der Waals surface area contributed by atoms with E-state index in [1.165, 1.54) is 44.9 Å². The Morgan fingerprint density at radius 3 is 2.55 bits per heavy atom. The van der Waals surface area contributed by atoms with Crippen molar-refractivity contribution < 1.29 is 0 Å². The molecule has 0 N–H and O–H groups in total. The Labute approximate surface area is 131 Å². The number of rotatable bonds is 2. The third-order valence-corrected chi connectivity index (χ3v) is 5.27. The summed E-state index contributed by atoms with van der Waals surface area (Å²) < 4.78 is 1.77. The van der Waals surface area contributed by atoms with Crippen molar-refractivity contribution in [3.63, 3.8) is 0 Å². The van der Waals surface area contributed by atoms with Gasteiger partial charge in [0.2, 0.25) is 0 Å². The highest BCUT2D eigenvalue weighted by atomic mass is 15.3. The summed E-state index contributed by atoms with van der Waals surface area (Å²) in [5.41, 5.74) is 0.528. The SMILES string of the molecule is c1cnn(-c2cncc(N3CCC4(CCCCCC4)C3)n2)c1. The van der Waals surface area contributed by atoms with Crippen molar-refractivity contribution in [3.05, 3.63) is 30.9 Å². The number of anilines is 1. The molecule has 1 spiro atoms. The van der Waals surface area contributed by atoms with Gasteiger partial charge in [0.05, 0.1) is 12.4 Å². The minimum Gasteiger partial charge on any atom is -0.355 e. The normalized spacial score (nSPS) is 21.2. The average molecular weight is 297 g/mol. The van der Waals surface area contributed by atoms with Crippen LogP contribution in [-0.2, 0) is 0 Å². The highest BCUT2D eigenvalue weighted by Gasteiger charge is 2.38. The van der Waals surface area contributed by atoms with E-state index in [9.17, 15) is 0 Å². The maximum Gasteiger partial charge on any atom is 0.173 e. The van der Waals surface area contributed by atoms with Crippen molar-refractivity contribution in [1.82, 2.24) is 19.7 Å². The van der Waals surface area contributed by atoms with E-state index >= 15 is 0 Å². The van der Waals surface area contributed by atoms with Gasteiger partial charge in [-0.2, -0.15) is 5.10 Å². The molecule has 3 heterocycles. The van der Waals surface area contributed by atoms with Crippen LogP contribution in [0.1, 0.15) is 44.9 Å². The van der Waals surface area contributed by atoms with E-state index in [0.717, 1.165) is 24.7 Å². The Morgan fingerprint density at radius 2 is 1.77 bits per heavy atom. The number of aromatic nitrogens is 4. The highest BCUT2D eigenvalue weighted by molar-refractivity contribution is 5.41. The summed E-state index contributed by atoms with van der Waals surface area (Å²) in [4.78, 5) is 11.6. The second kappa shape index (κ2) is 5.71. The standard InChI is InChI=1S/C17H23N5/c1-2-4-7-17(6-3-1)8-11-21(14-17)15-12-18-13-16(20-15)22-10-5-9-19-22/h5,9-10,12-13H,1-4,6-8,11,14H2. The zero-order valence-corrected chi connectivity index (χ0v) is 13.0. The van der Waals surface area contributed by atoms with Gasteiger partial charge < -0.3 is 4.90 Å². The topological polar surface area (TPSA) is 46.8 Å². The molecule has 0 bridgehead atoms. The van der Waals surface area contributed by atoms with E-state index in [4.69, 9.17) is 4.98 Å². The number of hydrogen-bond acceptors (Lipinski definition) is 4. The van der Waals surface area contributed by atoms with Gasteiger partial charge in [-0.05, 0) is 30.7 Å². The molecule has 1 aliphatic carbocycles. The molecule has 5 heteroatoms. The van der Waals surface area contributed by atoms with E-state index in [0.29, 0.717) is 5.41 Å². The first kappa shape index (κ1) is 13.7. The monoisotopic (exact) mass is 297 g/mol. The predicted octanol–water partition coefficient (Wildman–Crippen LogP) is 3.21. The van der Waals surface area contributed by atoms with Gasteiger partial charge >= 0.3 is 0 Å². The lowest BCUT2D eigenvalue weighted by Gasteiger charge is -2.28. The molecule has 0 atom stereocenters. The average Bonchev–Trinajstić information content (AvgIpc) is 3.16. The Balaban J connectivity index is 1.54. The lowest BCUT2D eigenvalue weighted by Crippen LogP contribution is -2.27. The predicted molar refractivity (Wildman–Crippen MR) is 86.1 cm³/mol. The van der Waals surface area contributed by atoms with Gasteiger partial charge in [0, 0.05) is 25.5 Å². The molecule has 2 aliphatic rings. The maximum absolute atomic E-state index is 4.76. The molecule has 2 fully saturated rings. The first-order chi connectivity index (χ1) is 10.8. The third-order valence-electron chi connectivity index (χ3n) is 5.27. The molecule has 116 valence electrons. The van der Waals surface area contributed by atoms with Gasteiger partial charge in [0.25, 0.3) is 0 Å². The van der Waals surface area contributed by atoms with Crippen molar-refractivity contribution in [1.29, 1.82) is 0 Å². The maximum atomic E-state index is 4.76. The highest BCUT2D eigenvalue weighted by Crippen LogP contribution is 2.43. The van der Waals surface area contributed by atoms with Crippen molar-refractivity contribution in [3.8, 4) is 5.82 Å². The molecule has 1 saturated heterocycles. The molecule has 4 rings (SSSR count). The van der Waals surface area contributed by atoms with Gasteiger partial charge in [-0.25, -0.2) is 9.67 Å². The molecule has 1 saturated carbocycles. The largest absolute Gasteiger partial charge is 0.355 e. The summed E-state index contributed by atoms with van der Waals surface area (Å²) in [5.74, 6) is 1.79. The second-order valence-corrected chi connectivity index (χ2v) is 6.77. The van der Waals surface area contributed by atoms with Crippen LogP contribution in [0.5, 0.6) is 0 Å². The summed E-state index contributed by atoms with van der Waals surface area (Å²) in [6, 6.07) is 1.91.